The summed E-state index contributed by atoms with van der Waals surface area (Å²) in [4.78, 5) is 36.6. The average molecular weight is 423 g/mol. The summed E-state index contributed by atoms with van der Waals surface area (Å²) in [5.41, 5.74) is 9.18. The van der Waals surface area contributed by atoms with Crippen LogP contribution in [-0.2, 0) is 11.0 Å². The van der Waals surface area contributed by atoms with E-state index in [9.17, 15) is 19.1 Å². The first-order valence-electron chi connectivity index (χ1n) is 9.30. The van der Waals surface area contributed by atoms with Gasteiger partial charge >= 0.3 is 7.82 Å². The van der Waals surface area contributed by atoms with E-state index in [1.54, 1.807) is 35.2 Å². The molecule has 4 aromatic rings. The maximum atomic E-state index is 13.3. The lowest BCUT2D eigenvalue weighted by Crippen LogP contribution is -2.29. The largest absolute Gasteiger partial charge is 0.524 e. The van der Waals surface area contributed by atoms with E-state index in [2.05, 4.69) is 4.98 Å². The van der Waals surface area contributed by atoms with Crippen molar-refractivity contribution in [2.45, 2.75) is 6.42 Å². The van der Waals surface area contributed by atoms with Gasteiger partial charge in [0.1, 0.15) is 11.4 Å². The quantitative estimate of drug-likeness (QED) is 0.295. The van der Waals surface area contributed by atoms with Crippen molar-refractivity contribution in [3.8, 4) is 5.75 Å². The van der Waals surface area contributed by atoms with Gasteiger partial charge in [-0.05, 0) is 41.6 Å². The Bertz CT molecular complexity index is 1370. The molecule has 0 bridgehead atoms. The lowest BCUT2D eigenvalue weighted by Gasteiger charge is -2.19. The maximum absolute atomic E-state index is 13.3. The van der Waals surface area contributed by atoms with E-state index < -0.39 is 7.82 Å². The zero-order valence-electron chi connectivity index (χ0n) is 15.7. The molecular formula is C21H18N3O5P. The van der Waals surface area contributed by atoms with Gasteiger partial charge in [-0.25, -0.2) is 4.57 Å². The number of phosphoric ester groups is 1. The minimum atomic E-state index is -4.76. The van der Waals surface area contributed by atoms with Gasteiger partial charge in [0.25, 0.3) is 5.91 Å². The number of nitrogens with one attached hydrogen (secondary N) is 1. The van der Waals surface area contributed by atoms with E-state index in [1.165, 1.54) is 6.07 Å². The van der Waals surface area contributed by atoms with Crippen LogP contribution in [0.5, 0.6) is 5.75 Å². The Balaban J connectivity index is 1.62. The fraction of sp³-hybridized carbons (Fsp3) is 0.0952. The number of anilines is 2. The molecule has 5 rings (SSSR count). The predicted octanol–water partition coefficient (Wildman–Crippen LogP) is 3.58. The number of hydrogen-bond donors (Lipinski definition) is 4. The first kappa shape index (κ1) is 18.7. The monoisotopic (exact) mass is 423 g/mol. The number of carbonyl (C=O) groups is 1. The smallest absolute Gasteiger partial charge is 0.404 e. The number of benzene rings is 3. The van der Waals surface area contributed by atoms with Crippen molar-refractivity contribution in [3.05, 3.63) is 65.9 Å². The van der Waals surface area contributed by atoms with Gasteiger partial charge in [-0.3, -0.25) is 14.6 Å². The van der Waals surface area contributed by atoms with Crippen LogP contribution < -0.4 is 15.2 Å². The molecule has 1 aliphatic rings. The number of carbonyl (C=O) groups excluding carboxylic acids is 1. The van der Waals surface area contributed by atoms with Crippen LogP contribution in [0.2, 0.25) is 0 Å². The van der Waals surface area contributed by atoms with Gasteiger partial charge in [-0.1, -0.05) is 24.3 Å². The van der Waals surface area contributed by atoms with Crippen molar-refractivity contribution in [1.82, 2.24) is 4.98 Å². The molecule has 152 valence electrons. The van der Waals surface area contributed by atoms with Crippen LogP contribution in [0.3, 0.4) is 0 Å². The van der Waals surface area contributed by atoms with Gasteiger partial charge in [-0.15, -0.1) is 0 Å². The SMILES string of the molecule is Nc1ccc2[nH]c(C(=O)N3CCc4c3cc(OP(=O)(O)O)c3ccccc43)cc2c1. The summed E-state index contributed by atoms with van der Waals surface area (Å²) < 4.78 is 16.4. The second-order valence-corrected chi connectivity index (χ2v) is 8.40. The molecule has 0 fully saturated rings. The van der Waals surface area contributed by atoms with Crippen molar-refractivity contribution in [2.24, 2.45) is 0 Å². The number of fused-ring (bicyclic) bond motifs is 4. The Labute approximate surface area is 171 Å². The van der Waals surface area contributed by atoms with Crippen LogP contribution in [0.1, 0.15) is 16.1 Å². The summed E-state index contributed by atoms with van der Waals surface area (Å²) in [7, 11) is -4.76. The fourth-order valence-corrected chi connectivity index (χ4v) is 4.47. The number of nitrogen functional groups attached to an aromatic ring is 1. The maximum Gasteiger partial charge on any atom is 0.524 e. The van der Waals surface area contributed by atoms with Gasteiger partial charge in [-0.2, -0.15) is 0 Å². The molecule has 30 heavy (non-hydrogen) atoms. The minimum absolute atomic E-state index is 0.0433. The molecule has 0 radical (unpaired) electrons. The number of aromatic nitrogens is 1. The predicted molar refractivity (Wildman–Crippen MR) is 115 cm³/mol. The van der Waals surface area contributed by atoms with Crippen molar-refractivity contribution in [2.75, 3.05) is 17.2 Å². The van der Waals surface area contributed by atoms with E-state index in [4.69, 9.17) is 10.3 Å². The van der Waals surface area contributed by atoms with Crippen molar-refractivity contribution in [1.29, 1.82) is 0 Å². The number of nitrogens with two attached hydrogens (primary N) is 1. The molecule has 3 aromatic carbocycles. The van der Waals surface area contributed by atoms with Gasteiger partial charge < -0.3 is 20.1 Å². The van der Waals surface area contributed by atoms with E-state index in [0.29, 0.717) is 35.4 Å². The van der Waals surface area contributed by atoms with Gasteiger partial charge in [0.05, 0.1) is 5.69 Å². The summed E-state index contributed by atoms with van der Waals surface area (Å²) in [6.45, 7) is 0.453. The third-order valence-corrected chi connectivity index (χ3v) is 5.74. The molecule has 9 heteroatoms. The Morgan fingerprint density at radius 3 is 2.63 bits per heavy atom. The molecule has 1 aliphatic heterocycles. The number of amides is 1. The van der Waals surface area contributed by atoms with E-state index in [-0.39, 0.29) is 11.7 Å². The summed E-state index contributed by atoms with van der Waals surface area (Å²) in [6, 6.07) is 15.9. The number of aromatic amines is 1. The molecule has 1 aromatic heterocycles. The number of hydrogen-bond acceptors (Lipinski definition) is 4. The summed E-state index contributed by atoms with van der Waals surface area (Å²) in [5, 5.41) is 2.23. The Hall–Kier alpha value is -3.32. The Morgan fingerprint density at radius 1 is 1.10 bits per heavy atom. The van der Waals surface area contributed by atoms with E-state index in [1.807, 2.05) is 18.2 Å². The van der Waals surface area contributed by atoms with Crippen LogP contribution in [0.25, 0.3) is 21.7 Å². The normalized spacial score (nSPS) is 13.7. The minimum Gasteiger partial charge on any atom is -0.404 e. The molecule has 0 saturated carbocycles. The summed E-state index contributed by atoms with van der Waals surface area (Å²) in [6.07, 6.45) is 0.630. The highest BCUT2D eigenvalue weighted by molar-refractivity contribution is 7.46. The molecule has 0 saturated heterocycles. The van der Waals surface area contributed by atoms with E-state index >= 15 is 0 Å². The fourth-order valence-electron chi connectivity index (χ4n) is 4.06. The first-order valence-corrected chi connectivity index (χ1v) is 10.8. The summed E-state index contributed by atoms with van der Waals surface area (Å²) in [5.74, 6) is -0.192. The molecule has 0 aliphatic carbocycles. The molecule has 5 N–H and O–H groups in total. The number of rotatable bonds is 3. The molecule has 0 unspecified atom stereocenters. The second kappa shape index (κ2) is 6.60. The highest BCUT2D eigenvalue weighted by Gasteiger charge is 2.30. The van der Waals surface area contributed by atoms with Crippen LogP contribution in [0.15, 0.2) is 54.6 Å². The zero-order valence-corrected chi connectivity index (χ0v) is 16.6. The Kier molecular flexibility index (Phi) is 4.11. The Morgan fingerprint density at radius 2 is 1.87 bits per heavy atom. The van der Waals surface area contributed by atoms with Gasteiger partial charge in [0.15, 0.2) is 0 Å². The molecule has 1 amide bonds. The van der Waals surface area contributed by atoms with Gasteiger partial charge in [0, 0.05) is 34.6 Å². The van der Waals surface area contributed by atoms with Crippen LogP contribution in [0, 0.1) is 0 Å². The molecule has 0 atom stereocenters. The summed E-state index contributed by atoms with van der Waals surface area (Å²) >= 11 is 0. The molecular weight excluding hydrogens is 405 g/mol. The van der Waals surface area contributed by atoms with Gasteiger partial charge in [0.2, 0.25) is 0 Å². The topological polar surface area (TPSA) is 129 Å². The second-order valence-electron chi connectivity index (χ2n) is 7.24. The van der Waals surface area contributed by atoms with Crippen LogP contribution in [-0.4, -0.2) is 27.2 Å². The standard InChI is InChI=1S/C21H18N3O5P/c22-13-5-6-17-12(9-13)10-18(23-17)21(25)24-8-7-15-14-3-1-2-4-16(14)20(11-19(15)24)29-30(26,27)28/h1-6,9-11,23H,7-8,22H2,(H2,26,27,28). The van der Waals surface area contributed by atoms with Crippen molar-refractivity contribution < 1.29 is 23.7 Å². The highest BCUT2D eigenvalue weighted by Crippen LogP contribution is 2.46. The van der Waals surface area contributed by atoms with Crippen molar-refractivity contribution >= 4 is 46.8 Å². The van der Waals surface area contributed by atoms with E-state index in [0.717, 1.165) is 21.9 Å². The van der Waals surface area contributed by atoms with Crippen LogP contribution in [0.4, 0.5) is 11.4 Å². The molecule has 8 nitrogen and oxygen atoms in total. The number of H-pyrrole nitrogens is 1. The van der Waals surface area contributed by atoms with Crippen molar-refractivity contribution in [3.63, 3.8) is 0 Å². The number of nitrogens with zero attached hydrogens (tertiary/aromatic N) is 1. The lowest BCUT2D eigenvalue weighted by atomic mass is 10.0. The molecule has 2 heterocycles. The number of phosphoric acid groups is 1. The lowest BCUT2D eigenvalue weighted by molar-refractivity contribution is 0.0985. The third-order valence-electron chi connectivity index (χ3n) is 5.31. The highest BCUT2D eigenvalue weighted by atomic mass is 31.2. The average Bonchev–Trinajstić information content (AvgIpc) is 3.30. The van der Waals surface area contributed by atoms with Crippen LogP contribution >= 0.6 is 7.82 Å². The zero-order chi connectivity index (χ0) is 21.0. The molecule has 0 spiro atoms. The first-order chi connectivity index (χ1) is 14.3. The third kappa shape index (κ3) is 3.11.